The van der Waals surface area contributed by atoms with Gasteiger partial charge in [0.25, 0.3) is 12.1 Å². The molecule has 0 saturated heterocycles. The molecule has 0 aliphatic rings. The summed E-state index contributed by atoms with van der Waals surface area (Å²) >= 11 is 0. The van der Waals surface area contributed by atoms with Crippen molar-refractivity contribution < 1.29 is 20.4 Å². The van der Waals surface area contributed by atoms with E-state index in [0.717, 1.165) is 11.4 Å². The van der Waals surface area contributed by atoms with E-state index < -0.39 is 16.2 Å². The zero-order valence-corrected chi connectivity index (χ0v) is 24.3. The SMILES string of the molecule is [C-]#[N+]c1n[c-]n(-c2cccc(C(C)(C)C(C)(C)C(C)(C)c3cccc(-n4[c-]nc(C#N)c4C#N)n3)n2)c1[N+]#[C-].[Pd+2]. The van der Waals surface area contributed by atoms with Crippen molar-refractivity contribution in [3.8, 4) is 23.8 Å². The zero-order chi connectivity index (χ0) is 28.6. The molecule has 0 radical (unpaired) electrons. The van der Waals surface area contributed by atoms with Crippen LogP contribution >= 0.6 is 0 Å². The third kappa shape index (κ3) is 4.57. The van der Waals surface area contributed by atoms with Crippen molar-refractivity contribution in [1.82, 2.24) is 29.1 Å². The maximum atomic E-state index is 9.57. The van der Waals surface area contributed by atoms with Crippen LogP contribution in [-0.4, -0.2) is 29.1 Å². The van der Waals surface area contributed by atoms with E-state index in [4.69, 9.17) is 23.1 Å². The first-order chi connectivity index (χ1) is 18.4. The Morgan fingerprint density at radius 2 is 1.30 bits per heavy atom. The van der Waals surface area contributed by atoms with Gasteiger partial charge in [-0.05, 0) is 23.6 Å². The average molecular weight is 619 g/mol. The van der Waals surface area contributed by atoms with E-state index >= 15 is 0 Å². The van der Waals surface area contributed by atoms with E-state index in [1.54, 1.807) is 12.1 Å². The molecule has 11 heteroatoms. The van der Waals surface area contributed by atoms with E-state index in [1.807, 2.05) is 36.4 Å². The molecule has 4 heterocycles. The molecule has 0 aliphatic carbocycles. The van der Waals surface area contributed by atoms with Crippen LogP contribution in [0.25, 0.3) is 21.3 Å². The van der Waals surface area contributed by atoms with Crippen LogP contribution in [0.3, 0.4) is 0 Å². The topological polar surface area (TPSA) is 118 Å². The molecule has 0 amide bonds. The molecule has 200 valence electrons. The van der Waals surface area contributed by atoms with Crippen LogP contribution < -0.4 is 0 Å². The summed E-state index contributed by atoms with van der Waals surface area (Å²) in [6.07, 6.45) is 5.42. The Labute approximate surface area is 247 Å². The summed E-state index contributed by atoms with van der Waals surface area (Å²) in [6.45, 7) is 27.5. The number of nitrogens with zero attached hydrogens (tertiary/aromatic N) is 10. The number of hydrogen-bond donors (Lipinski definition) is 0. The normalized spacial score (nSPS) is 11.4. The number of aromatic nitrogens is 6. The second-order valence-corrected chi connectivity index (χ2v) is 10.5. The molecule has 10 nitrogen and oxygen atoms in total. The molecule has 4 aromatic heterocycles. The summed E-state index contributed by atoms with van der Waals surface area (Å²) in [5.41, 5.74) is 0.153. The summed E-state index contributed by atoms with van der Waals surface area (Å²) in [4.78, 5) is 24.4. The Balaban J connectivity index is 0.00000441. The third-order valence-corrected chi connectivity index (χ3v) is 8.13. The molecule has 0 unspecified atom stereocenters. The first-order valence-corrected chi connectivity index (χ1v) is 12.0. The monoisotopic (exact) mass is 618 g/mol. The minimum atomic E-state index is -0.518. The van der Waals surface area contributed by atoms with Crippen LogP contribution in [0.5, 0.6) is 0 Å². The van der Waals surface area contributed by atoms with Crippen molar-refractivity contribution in [3.05, 3.63) is 94.7 Å². The number of pyridine rings is 2. The van der Waals surface area contributed by atoms with Gasteiger partial charge in [0.05, 0.1) is 23.7 Å². The van der Waals surface area contributed by atoms with E-state index in [-0.39, 0.29) is 43.4 Å². The summed E-state index contributed by atoms with van der Waals surface area (Å²) in [5, 5.41) is 18.8. The van der Waals surface area contributed by atoms with Crippen molar-refractivity contribution in [2.24, 2.45) is 5.41 Å². The molecule has 4 aromatic rings. The van der Waals surface area contributed by atoms with Gasteiger partial charge in [-0.25, -0.2) is 10.5 Å². The molecule has 0 bridgehead atoms. The Bertz CT molecular complexity index is 1620. The molecule has 0 aromatic carbocycles. The van der Waals surface area contributed by atoms with Crippen LogP contribution in [0, 0.1) is 53.9 Å². The molecular weight excluding hydrogens is 595 g/mol. The van der Waals surface area contributed by atoms with Crippen molar-refractivity contribution in [3.63, 3.8) is 0 Å². The third-order valence-electron chi connectivity index (χ3n) is 8.13. The second-order valence-electron chi connectivity index (χ2n) is 10.5. The second kappa shape index (κ2) is 10.8. The van der Waals surface area contributed by atoms with Gasteiger partial charge in [-0.15, -0.1) is 0 Å². The van der Waals surface area contributed by atoms with E-state index in [1.165, 1.54) is 9.13 Å². The van der Waals surface area contributed by atoms with Gasteiger partial charge in [0, 0.05) is 34.2 Å². The van der Waals surface area contributed by atoms with Crippen LogP contribution in [0.2, 0.25) is 0 Å². The fourth-order valence-corrected chi connectivity index (χ4v) is 4.50. The number of imidazole rings is 2. The molecule has 0 spiro atoms. The summed E-state index contributed by atoms with van der Waals surface area (Å²) in [6, 6.07) is 15.0. The van der Waals surface area contributed by atoms with Gasteiger partial charge in [-0.3, -0.25) is 14.5 Å². The largest absolute Gasteiger partial charge is 2.00 e. The molecule has 0 atom stereocenters. The van der Waals surface area contributed by atoms with Gasteiger partial charge in [0.1, 0.15) is 5.82 Å². The van der Waals surface area contributed by atoms with Gasteiger partial charge < -0.3 is 19.2 Å². The van der Waals surface area contributed by atoms with Crippen molar-refractivity contribution in [2.75, 3.05) is 0 Å². The number of rotatable bonds is 6. The maximum absolute atomic E-state index is 9.57. The standard InChI is InChI=1S/C29H24N10.Pd/c1-27(2,21-11-9-13-23(36-21)38-17-34-19(15-30)20(38)16-31)29(5,6)28(3,4)22-12-10-14-24(37-22)39-18-35-25(32-7)26(39)33-8;/h9-14H,1-6H3;/q-2;+2. The first kappa shape index (κ1) is 29.9. The van der Waals surface area contributed by atoms with E-state index in [0.29, 0.717) is 11.6 Å². The minimum absolute atomic E-state index is 0. The fourth-order valence-electron chi connectivity index (χ4n) is 4.50. The average Bonchev–Trinajstić information content (AvgIpc) is 3.56. The van der Waals surface area contributed by atoms with Gasteiger partial charge in [0.2, 0.25) is 0 Å². The molecule has 4 rings (SSSR count). The Hall–Kier alpha value is -4.66. The zero-order valence-electron chi connectivity index (χ0n) is 22.8. The van der Waals surface area contributed by atoms with Crippen molar-refractivity contribution >= 4 is 11.6 Å². The molecule has 0 N–H and O–H groups in total. The molecule has 0 aliphatic heterocycles. The fraction of sp³-hybridized carbons (Fsp3) is 0.310. The Kier molecular flexibility index (Phi) is 8.10. The van der Waals surface area contributed by atoms with Gasteiger partial charge in [0.15, 0.2) is 0 Å². The summed E-state index contributed by atoms with van der Waals surface area (Å²) < 4.78 is 2.81. The smallest absolute Gasteiger partial charge is 0.402 e. The molecule has 0 fully saturated rings. The van der Waals surface area contributed by atoms with Crippen LogP contribution in [-0.2, 0) is 31.3 Å². The van der Waals surface area contributed by atoms with Gasteiger partial charge >= 0.3 is 26.2 Å². The quantitative estimate of drug-likeness (QED) is 0.206. The van der Waals surface area contributed by atoms with Crippen LogP contribution in [0.1, 0.15) is 64.3 Å². The molecular formula is C29H24N10Pd. The van der Waals surface area contributed by atoms with Crippen molar-refractivity contribution in [2.45, 2.75) is 52.4 Å². The van der Waals surface area contributed by atoms with E-state index in [9.17, 15) is 10.5 Å². The predicted molar refractivity (Wildman–Crippen MR) is 142 cm³/mol. The maximum Gasteiger partial charge on any atom is 2.00 e. The molecule has 0 saturated carbocycles. The summed E-state index contributed by atoms with van der Waals surface area (Å²) in [5.74, 6) is 0.953. The van der Waals surface area contributed by atoms with Crippen LogP contribution in [0.4, 0.5) is 11.6 Å². The van der Waals surface area contributed by atoms with Crippen LogP contribution in [0.15, 0.2) is 36.4 Å². The Morgan fingerprint density at radius 3 is 1.77 bits per heavy atom. The molecule has 40 heavy (non-hydrogen) atoms. The minimum Gasteiger partial charge on any atom is -0.402 e. The number of hydrogen-bond acceptors (Lipinski definition) is 6. The van der Waals surface area contributed by atoms with Gasteiger partial charge in [-0.2, -0.15) is 0 Å². The van der Waals surface area contributed by atoms with Crippen molar-refractivity contribution in [1.29, 1.82) is 10.5 Å². The Morgan fingerprint density at radius 1 is 0.775 bits per heavy atom. The van der Waals surface area contributed by atoms with Gasteiger partial charge in [-0.1, -0.05) is 77.9 Å². The van der Waals surface area contributed by atoms with E-state index in [2.05, 4.69) is 73.9 Å². The summed E-state index contributed by atoms with van der Waals surface area (Å²) in [7, 11) is 0. The first-order valence-electron chi connectivity index (χ1n) is 12.0. The number of nitriles is 2. The predicted octanol–water partition coefficient (Wildman–Crippen LogP) is 5.57.